The molecule has 0 aliphatic heterocycles. The molecule has 0 saturated heterocycles. The fourth-order valence-corrected chi connectivity index (χ4v) is 3.01. The lowest BCUT2D eigenvalue weighted by atomic mass is 10.2. The summed E-state index contributed by atoms with van der Waals surface area (Å²) in [4.78, 5) is 12.1. The molecule has 0 bridgehead atoms. The molecule has 0 radical (unpaired) electrons. The van der Waals surface area contributed by atoms with E-state index >= 15 is 0 Å². The largest absolute Gasteiger partial charge is 0.323 e. The monoisotopic (exact) mass is 392 g/mol. The van der Waals surface area contributed by atoms with E-state index in [-0.39, 0.29) is 10.7 Å². The molecule has 1 amide bonds. The Labute approximate surface area is 147 Å². The van der Waals surface area contributed by atoms with Crippen molar-refractivity contribution in [2.24, 2.45) is 0 Å². The van der Waals surface area contributed by atoms with Gasteiger partial charge in [0, 0.05) is 0 Å². The van der Waals surface area contributed by atoms with Gasteiger partial charge in [0.25, 0.3) is 0 Å². The summed E-state index contributed by atoms with van der Waals surface area (Å²) < 4.78 is 64.4. The van der Waals surface area contributed by atoms with Crippen molar-refractivity contribution in [2.45, 2.75) is 0 Å². The van der Waals surface area contributed by atoms with Gasteiger partial charge in [0.1, 0.15) is 6.54 Å². The zero-order chi connectivity index (χ0) is 18.8. The zero-order valence-electron chi connectivity index (χ0n) is 12.8. The highest BCUT2D eigenvalue weighted by Gasteiger charge is 2.26. The van der Waals surface area contributed by atoms with E-state index < -0.39 is 45.6 Å². The third-order valence-electron chi connectivity index (χ3n) is 3.12. The SMILES string of the molecule is CS(=O)(=O)N(CC(=O)Nc1ccccc1Cl)c1ccc(F)c(F)c1F. The van der Waals surface area contributed by atoms with Gasteiger partial charge < -0.3 is 5.32 Å². The van der Waals surface area contributed by atoms with Crippen molar-refractivity contribution in [2.75, 3.05) is 22.4 Å². The predicted octanol–water partition coefficient (Wildman–Crippen LogP) is 3.16. The second-order valence-electron chi connectivity index (χ2n) is 4.99. The maximum atomic E-state index is 13.9. The lowest BCUT2D eigenvalue weighted by Crippen LogP contribution is -2.38. The molecule has 0 fully saturated rings. The highest BCUT2D eigenvalue weighted by molar-refractivity contribution is 7.92. The van der Waals surface area contributed by atoms with Crippen molar-refractivity contribution in [3.63, 3.8) is 0 Å². The highest BCUT2D eigenvalue weighted by atomic mass is 35.5. The van der Waals surface area contributed by atoms with Crippen LogP contribution in [0.2, 0.25) is 5.02 Å². The van der Waals surface area contributed by atoms with E-state index in [0.717, 1.165) is 6.07 Å². The van der Waals surface area contributed by atoms with Gasteiger partial charge in [-0.25, -0.2) is 21.6 Å². The van der Waals surface area contributed by atoms with E-state index in [9.17, 15) is 26.4 Å². The molecule has 25 heavy (non-hydrogen) atoms. The molecule has 134 valence electrons. The molecule has 10 heteroatoms. The number of hydrogen-bond donors (Lipinski definition) is 1. The molecular formula is C15H12ClF3N2O3S. The minimum Gasteiger partial charge on any atom is -0.323 e. The summed E-state index contributed by atoms with van der Waals surface area (Å²) in [7, 11) is -4.16. The van der Waals surface area contributed by atoms with Crippen LogP contribution < -0.4 is 9.62 Å². The van der Waals surface area contributed by atoms with Gasteiger partial charge in [0.2, 0.25) is 15.9 Å². The summed E-state index contributed by atoms with van der Waals surface area (Å²) in [5, 5.41) is 2.57. The number of anilines is 2. The second-order valence-corrected chi connectivity index (χ2v) is 7.31. The number of benzene rings is 2. The molecule has 0 aromatic heterocycles. The Morgan fingerprint density at radius 2 is 1.76 bits per heavy atom. The molecule has 0 spiro atoms. The van der Waals surface area contributed by atoms with E-state index in [1.807, 2.05) is 0 Å². The van der Waals surface area contributed by atoms with Crippen LogP contribution in [0.25, 0.3) is 0 Å². The van der Waals surface area contributed by atoms with Crippen molar-refractivity contribution in [3.05, 3.63) is 58.9 Å². The summed E-state index contributed by atoms with van der Waals surface area (Å²) >= 11 is 5.88. The Bertz CT molecular complexity index is 922. The average Bonchev–Trinajstić information content (AvgIpc) is 2.52. The number of halogens is 4. The normalized spacial score (nSPS) is 11.2. The van der Waals surface area contributed by atoms with Gasteiger partial charge >= 0.3 is 0 Å². The molecule has 0 unspecified atom stereocenters. The minimum atomic E-state index is -4.16. The van der Waals surface area contributed by atoms with E-state index in [1.165, 1.54) is 12.1 Å². The van der Waals surface area contributed by atoms with Crippen LogP contribution in [0.5, 0.6) is 0 Å². The van der Waals surface area contributed by atoms with Gasteiger partial charge in [0.15, 0.2) is 17.5 Å². The summed E-state index contributed by atoms with van der Waals surface area (Å²) in [6, 6.07) is 7.49. The standard InChI is InChI=1S/C15H12ClF3N2O3S/c1-25(23,24)21(12-7-6-10(17)14(18)15(12)19)8-13(22)20-11-5-3-2-4-9(11)16/h2-7H,8H2,1H3,(H,20,22). The first kappa shape index (κ1) is 19.1. The second kappa shape index (κ2) is 7.32. The van der Waals surface area contributed by atoms with Crippen LogP contribution in [0.15, 0.2) is 36.4 Å². The number of carbonyl (C=O) groups is 1. The molecule has 0 atom stereocenters. The summed E-state index contributed by atoms with van der Waals surface area (Å²) in [5.41, 5.74) is -0.566. The van der Waals surface area contributed by atoms with Crippen molar-refractivity contribution >= 4 is 38.9 Å². The van der Waals surface area contributed by atoms with Crippen LogP contribution in [0.4, 0.5) is 24.5 Å². The quantitative estimate of drug-likeness (QED) is 0.795. The number of rotatable bonds is 5. The van der Waals surface area contributed by atoms with Crippen LogP contribution in [0, 0.1) is 17.5 Å². The van der Waals surface area contributed by atoms with E-state index in [1.54, 1.807) is 12.1 Å². The van der Waals surface area contributed by atoms with Crippen LogP contribution in [0.1, 0.15) is 0 Å². The molecule has 0 aliphatic carbocycles. The first-order valence-corrected chi connectivity index (χ1v) is 8.99. The van der Waals surface area contributed by atoms with Crippen LogP contribution in [-0.4, -0.2) is 27.1 Å². The molecule has 2 aromatic rings. The summed E-state index contributed by atoms with van der Waals surface area (Å²) in [5.74, 6) is -5.87. The molecular weight excluding hydrogens is 381 g/mol. The van der Waals surface area contributed by atoms with Crippen molar-refractivity contribution < 1.29 is 26.4 Å². The maximum absolute atomic E-state index is 13.9. The maximum Gasteiger partial charge on any atom is 0.245 e. The number of hydrogen-bond acceptors (Lipinski definition) is 3. The number of para-hydroxylation sites is 1. The van der Waals surface area contributed by atoms with Gasteiger partial charge in [-0.1, -0.05) is 23.7 Å². The number of nitrogens with zero attached hydrogens (tertiary/aromatic N) is 1. The fraction of sp³-hybridized carbons (Fsp3) is 0.133. The molecule has 1 N–H and O–H groups in total. The molecule has 5 nitrogen and oxygen atoms in total. The lowest BCUT2D eigenvalue weighted by molar-refractivity contribution is -0.114. The van der Waals surface area contributed by atoms with E-state index in [2.05, 4.69) is 5.32 Å². The Kier molecular flexibility index (Phi) is 5.58. The Balaban J connectivity index is 2.33. The molecule has 0 heterocycles. The third-order valence-corrected chi connectivity index (χ3v) is 4.58. The molecule has 0 saturated carbocycles. The van der Waals surface area contributed by atoms with Crippen LogP contribution in [0.3, 0.4) is 0 Å². The summed E-state index contributed by atoms with van der Waals surface area (Å²) in [6.07, 6.45) is 0.705. The lowest BCUT2D eigenvalue weighted by Gasteiger charge is -2.22. The fourth-order valence-electron chi connectivity index (χ4n) is 1.97. The minimum absolute atomic E-state index is 0.209. The number of nitrogens with one attached hydrogen (secondary N) is 1. The molecule has 2 aromatic carbocycles. The average molecular weight is 393 g/mol. The number of amides is 1. The Morgan fingerprint density at radius 3 is 2.36 bits per heavy atom. The highest BCUT2D eigenvalue weighted by Crippen LogP contribution is 2.26. The Hall–Kier alpha value is -2.26. The Morgan fingerprint density at radius 1 is 1.12 bits per heavy atom. The van der Waals surface area contributed by atoms with E-state index in [4.69, 9.17) is 11.6 Å². The van der Waals surface area contributed by atoms with Gasteiger partial charge in [0.05, 0.1) is 22.7 Å². The van der Waals surface area contributed by atoms with Gasteiger partial charge in [-0.3, -0.25) is 9.10 Å². The van der Waals surface area contributed by atoms with Gasteiger partial charge in [-0.05, 0) is 24.3 Å². The van der Waals surface area contributed by atoms with Crippen molar-refractivity contribution in [3.8, 4) is 0 Å². The van der Waals surface area contributed by atoms with Crippen LogP contribution >= 0.6 is 11.6 Å². The van der Waals surface area contributed by atoms with Gasteiger partial charge in [-0.2, -0.15) is 0 Å². The third kappa shape index (κ3) is 4.43. The smallest absolute Gasteiger partial charge is 0.245 e. The molecule has 2 rings (SSSR count). The van der Waals surface area contributed by atoms with E-state index in [0.29, 0.717) is 16.6 Å². The first-order chi connectivity index (χ1) is 11.6. The van der Waals surface area contributed by atoms with Crippen molar-refractivity contribution in [1.29, 1.82) is 0 Å². The topological polar surface area (TPSA) is 66.5 Å². The number of sulfonamides is 1. The van der Waals surface area contributed by atoms with Gasteiger partial charge in [-0.15, -0.1) is 0 Å². The number of carbonyl (C=O) groups excluding carboxylic acids is 1. The van der Waals surface area contributed by atoms with Crippen LogP contribution in [-0.2, 0) is 14.8 Å². The zero-order valence-corrected chi connectivity index (χ0v) is 14.3. The molecule has 0 aliphatic rings. The first-order valence-electron chi connectivity index (χ1n) is 6.77. The van der Waals surface area contributed by atoms with Crippen molar-refractivity contribution in [1.82, 2.24) is 0 Å². The predicted molar refractivity (Wildman–Crippen MR) is 88.6 cm³/mol. The summed E-state index contributed by atoms with van der Waals surface area (Å²) in [6.45, 7) is -0.855.